The summed E-state index contributed by atoms with van der Waals surface area (Å²) in [7, 11) is -3.50. The molecular formula is C15H24N2O2S2. The highest BCUT2D eigenvalue weighted by molar-refractivity contribution is 7.99. The van der Waals surface area contributed by atoms with E-state index >= 15 is 0 Å². The largest absolute Gasteiger partial charge is 0.398 e. The molecule has 1 saturated heterocycles. The lowest BCUT2D eigenvalue weighted by molar-refractivity contribution is 0.528. The van der Waals surface area contributed by atoms with Crippen molar-refractivity contribution in [3.8, 4) is 0 Å². The van der Waals surface area contributed by atoms with Gasteiger partial charge in [-0.15, -0.1) is 0 Å². The predicted molar refractivity (Wildman–Crippen MR) is 90.3 cm³/mol. The van der Waals surface area contributed by atoms with E-state index in [1.54, 1.807) is 6.07 Å². The van der Waals surface area contributed by atoms with Crippen molar-refractivity contribution in [1.82, 2.24) is 4.72 Å². The van der Waals surface area contributed by atoms with Crippen molar-refractivity contribution in [2.24, 2.45) is 0 Å². The average Bonchev–Trinajstić information content (AvgIpc) is 2.47. The van der Waals surface area contributed by atoms with E-state index in [0.29, 0.717) is 17.0 Å². The number of anilines is 1. The first-order valence-electron chi connectivity index (χ1n) is 7.49. The van der Waals surface area contributed by atoms with E-state index in [-0.39, 0.29) is 6.04 Å². The normalized spacial score (nSPS) is 17.0. The van der Waals surface area contributed by atoms with Crippen molar-refractivity contribution in [3.05, 3.63) is 23.3 Å². The number of hydrogen-bond donors (Lipinski definition) is 2. The maximum absolute atomic E-state index is 12.7. The number of nitrogens with two attached hydrogens (primary N) is 1. The molecule has 0 aromatic heterocycles. The molecule has 1 aliphatic heterocycles. The standard InChI is InChI=1S/C15H24N2O2S2/c1-3-11-9-14(16)13(4-2)15(10-11)21(18,19)17-12-5-7-20-8-6-12/h9-10,12,17H,3-8,16H2,1-2H3. The smallest absolute Gasteiger partial charge is 0.241 e. The quantitative estimate of drug-likeness (QED) is 0.815. The number of nitrogen functional groups attached to an aromatic ring is 1. The van der Waals surface area contributed by atoms with Gasteiger partial charge in [0.1, 0.15) is 0 Å². The summed E-state index contributed by atoms with van der Waals surface area (Å²) < 4.78 is 28.3. The van der Waals surface area contributed by atoms with Crippen LogP contribution in [-0.2, 0) is 22.9 Å². The number of sulfonamides is 1. The molecule has 1 aromatic carbocycles. The molecule has 0 aliphatic carbocycles. The van der Waals surface area contributed by atoms with Crippen molar-refractivity contribution in [3.63, 3.8) is 0 Å². The molecule has 6 heteroatoms. The number of rotatable bonds is 5. The second-order valence-electron chi connectivity index (χ2n) is 5.38. The molecule has 1 fully saturated rings. The number of hydrogen-bond acceptors (Lipinski definition) is 4. The highest BCUT2D eigenvalue weighted by Gasteiger charge is 2.25. The van der Waals surface area contributed by atoms with Crippen LogP contribution in [0, 0.1) is 0 Å². The van der Waals surface area contributed by atoms with E-state index in [9.17, 15) is 8.42 Å². The number of thioether (sulfide) groups is 1. The van der Waals surface area contributed by atoms with Gasteiger partial charge in [0.25, 0.3) is 0 Å². The molecular weight excluding hydrogens is 304 g/mol. The zero-order valence-corrected chi connectivity index (χ0v) is 14.3. The SMILES string of the molecule is CCc1cc(N)c(CC)c(S(=O)(=O)NC2CCSCC2)c1. The summed E-state index contributed by atoms with van der Waals surface area (Å²) in [5.74, 6) is 2.04. The Bertz CT molecular complexity index is 594. The third-order valence-corrected chi connectivity index (χ3v) is 6.53. The molecule has 1 aliphatic rings. The monoisotopic (exact) mass is 328 g/mol. The van der Waals surface area contributed by atoms with E-state index in [1.807, 2.05) is 31.7 Å². The van der Waals surface area contributed by atoms with Gasteiger partial charge in [-0.25, -0.2) is 13.1 Å². The van der Waals surface area contributed by atoms with Gasteiger partial charge in [0.2, 0.25) is 10.0 Å². The lowest BCUT2D eigenvalue weighted by atomic mass is 10.1. The second kappa shape index (κ2) is 7.03. The third-order valence-electron chi connectivity index (χ3n) is 3.90. The summed E-state index contributed by atoms with van der Waals surface area (Å²) in [6.45, 7) is 3.94. The van der Waals surface area contributed by atoms with Gasteiger partial charge in [-0.05, 0) is 60.4 Å². The first-order valence-corrected chi connectivity index (χ1v) is 10.1. The van der Waals surface area contributed by atoms with Crippen LogP contribution in [0.2, 0.25) is 0 Å². The van der Waals surface area contributed by atoms with Gasteiger partial charge >= 0.3 is 0 Å². The molecule has 0 amide bonds. The van der Waals surface area contributed by atoms with Crippen LogP contribution in [0.15, 0.2) is 17.0 Å². The summed E-state index contributed by atoms with van der Waals surface area (Å²) in [4.78, 5) is 0.361. The fraction of sp³-hybridized carbons (Fsp3) is 0.600. The van der Waals surface area contributed by atoms with Gasteiger partial charge in [0, 0.05) is 11.7 Å². The molecule has 1 aromatic rings. The minimum Gasteiger partial charge on any atom is -0.398 e. The molecule has 0 atom stereocenters. The highest BCUT2D eigenvalue weighted by atomic mass is 32.2. The van der Waals surface area contributed by atoms with Crippen LogP contribution < -0.4 is 10.5 Å². The fourth-order valence-electron chi connectivity index (χ4n) is 2.65. The van der Waals surface area contributed by atoms with Crippen LogP contribution in [0.1, 0.15) is 37.8 Å². The maximum atomic E-state index is 12.7. The Kier molecular flexibility index (Phi) is 5.57. The van der Waals surface area contributed by atoms with E-state index in [2.05, 4.69) is 4.72 Å². The molecule has 0 saturated carbocycles. The molecule has 0 unspecified atom stereocenters. The van der Waals surface area contributed by atoms with Gasteiger partial charge in [-0.2, -0.15) is 11.8 Å². The van der Waals surface area contributed by atoms with Crippen LogP contribution in [0.3, 0.4) is 0 Å². The highest BCUT2D eigenvalue weighted by Crippen LogP contribution is 2.26. The van der Waals surface area contributed by atoms with Crippen LogP contribution in [-0.4, -0.2) is 26.0 Å². The lowest BCUT2D eigenvalue weighted by Gasteiger charge is -2.23. The van der Waals surface area contributed by atoms with Gasteiger partial charge in [0.15, 0.2) is 0 Å². The summed E-state index contributed by atoms with van der Waals surface area (Å²) in [6.07, 6.45) is 3.19. The van der Waals surface area contributed by atoms with Crippen molar-refractivity contribution in [2.45, 2.75) is 50.5 Å². The first kappa shape index (κ1) is 16.6. The lowest BCUT2D eigenvalue weighted by Crippen LogP contribution is -2.37. The van der Waals surface area contributed by atoms with E-state index < -0.39 is 10.0 Å². The van der Waals surface area contributed by atoms with Crippen molar-refractivity contribution >= 4 is 27.5 Å². The van der Waals surface area contributed by atoms with Crippen LogP contribution in [0.25, 0.3) is 0 Å². The second-order valence-corrected chi connectivity index (χ2v) is 8.28. The Balaban J connectivity index is 2.35. The first-order chi connectivity index (χ1) is 9.97. The minimum atomic E-state index is -3.50. The van der Waals surface area contributed by atoms with E-state index in [1.165, 1.54) is 0 Å². The number of aryl methyl sites for hydroxylation is 1. The molecule has 3 N–H and O–H groups in total. The van der Waals surface area contributed by atoms with Crippen molar-refractivity contribution < 1.29 is 8.42 Å². The Morgan fingerprint density at radius 1 is 1.24 bits per heavy atom. The zero-order chi connectivity index (χ0) is 15.5. The summed E-state index contributed by atoms with van der Waals surface area (Å²) in [5, 5.41) is 0. The zero-order valence-electron chi connectivity index (χ0n) is 12.7. The Hall–Kier alpha value is -0.720. The van der Waals surface area contributed by atoms with Crippen molar-refractivity contribution in [2.75, 3.05) is 17.2 Å². The molecule has 0 spiro atoms. The minimum absolute atomic E-state index is 0.0486. The van der Waals surface area contributed by atoms with Crippen LogP contribution in [0.4, 0.5) is 5.69 Å². The Morgan fingerprint density at radius 3 is 2.48 bits per heavy atom. The van der Waals surface area contributed by atoms with Gasteiger partial charge in [-0.3, -0.25) is 0 Å². The summed E-state index contributed by atoms with van der Waals surface area (Å²) >= 11 is 1.88. The predicted octanol–water partition coefficient (Wildman–Crippen LogP) is 2.57. The maximum Gasteiger partial charge on any atom is 0.241 e. The Labute approximate surface area is 131 Å². The fourth-order valence-corrected chi connectivity index (χ4v) is 5.45. The average molecular weight is 329 g/mol. The number of benzene rings is 1. The van der Waals surface area contributed by atoms with Gasteiger partial charge < -0.3 is 5.73 Å². The number of nitrogens with one attached hydrogen (secondary N) is 1. The molecule has 2 rings (SSSR count). The molecule has 1 heterocycles. The van der Waals surface area contributed by atoms with Gasteiger partial charge in [0.05, 0.1) is 4.90 Å². The molecule has 21 heavy (non-hydrogen) atoms. The van der Waals surface area contributed by atoms with Gasteiger partial charge in [-0.1, -0.05) is 13.8 Å². The molecule has 4 nitrogen and oxygen atoms in total. The van der Waals surface area contributed by atoms with Crippen molar-refractivity contribution in [1.29, 1.82) is 0 Å². The summed E-state index contributed by atoms with van der Waals surface area (Å²) in [5.41, 5.74) is 8.31. The topological polar surface area (TPSA) is 72.2 Å². The van der Waals surface area contributed by atoms with Crippen LogP contribution in [0.5, 0.6) is 0 Å². The Morgan fingerprint density at radius 2 is 1.90 bits per heavy atom. The molecule has 0 radical (unpaired) electrons. The molecule has 118 valence electrons. The van der Waals surface area contributed by atoms with E-state index in [4.69, 9.17) is 5.73 Å². The molecule has 0 bridgehead atoms. The third kappa shape index (κ3) is 3.93. The van der Waals surface area contributed by atoms with Crippen LogP contribution >= 0.6 is 11.8 Å². The summed E-state index contributed by atoms with van der Waals surface area (Å²) in [6, 6.07) is 3.71. The van der Waals surface area contributed by atoms with E-state index in [0.717, 1.165) is 41.9 Å².